The molecule has 0 radical (unpaired) electrons. The Hall–Kier alpha value is -2.96. The second kappa shape index (κ2) is 8.19. The van der Waals surface area contributed by atoms with E-state index in [-0.39, 0.29) is 18.4 Å². The number of aromatic nitrogens is 2. The summed E-state index contributed by atoms with van der Waals surface area (Å²) in [6, 6.07) is 11.0. The third-order valence-corrected chi connectivity index (χ3v) is 6.78. The summed E-state index contributed by atoms with van der Waals surface area (Å²) in [6.07, 6.45) is 5.56. The minimum absolute atomic E-state index is 0.146. The molecule has 0 bridgehead atoms. The molecule has 0 amide bonds. The summed E-state index contributed by atoms with van der Waals surface area (Å²) in [5.41, 5.74) is 4.35. The van der Waals surface area contributed by atoms with Crippen molar-refractivity contribution in [2.75, 3.05) is 0 Å². The Labute approximate surface area is 190 Å². The molecule has 6 nitrogen and oxygen atoms in total. The molecule has 2 N–H and O–H groups in total. The van der Waals surface area contributed by atoms with Gasteiger partial charge in [0.1, 0.15) is 0 Å². The first kappa shape index (κ1) is 20.9. The molecule has 3 aromatic rings. The maximum absolute atomic E-state index is 13.7. The lowest BCUT2D eigenvalue weighted by Crippen LogP contribution is -2.17. The number of nitrogens with zero attached hydrogens (tertiary/aromatic N) is 2. The van der Waals surface area contributed by atoms with Gasteiger partial charge >= 0.3 is 5.97 Å². The number of halogens is 1. The Bertz CT molecular complexity index is 1270. The number of benzene rings is 2. The molecule has 1 atom stereocenters. The van der Waals surface area contributed by atoms with Crippen LogP contribution in [0.25, 0.3) is 16.5 Å². The summed E-state index contributed by atoms with van der Waals surface area (Å²) in [5, 5.41) is 24.9. The van der Waals surface area contributed by atoms with Gasteiger partial charge in [-0.2, -0.15) is 9.78 Å². The fraction of sp³-hybridized carbons (Fsp3) is 0.320. The van der Waals surface area contributed by atoms with Crippen LogP contribution in [0, 0.1) is 5.92 Å². The highest BCUT2D eigenvalue weighted by Crippen LogP contribution is 2.43. The molecule has 164 valence electrons. The number of carbonyl (C=O) groups excluding carboxylic acids is 1. The van der Waals surface area contributed by atoms with E-state index in [1.165, 1.54) is 4.68 Å². The number of carbonyl (C=O) groups is 2. The van der Waals surface area contributed by atoms with Gasteiger partial charge in [-0.1, -0.05) is 41.9 Å². The van der Waals surface area contributed by atoms with Gasteiger partial charge in [0.2, 0.25) is 0 Å². The van der Waals surface area contributed by atoms with Gasteiger partial charge < -0.3 is 10.2 Å². The highest BCUT2D eigenvalue weighted by molar-refractivity contribution is 6.34. The first-order valence-electron chi connectivity index (χ1n) is 10.9. The minimum atomic E-state index is -0.787. The number of carboxylic acid groups (broad SMARTS) is 1. The van der Waals surface area contributed by atoms with Crippen molar-refractivity contribution in [3.05, 3.63) is 69.9 Å². The molecule has 2 aliphatic rings. The summed E-state index contributed by atoms with van der Waals surface area (Å²) in [5.74, 6) is -1.12. The van der Waals surface area contributed by atoms with Crippen molar-refractivity contribution >= 4 is 40.0 Å². The summed E-state index contributed by atoms with van der Waals surface area (Å²) in [7, 11) is 0. The van der Waals surface area contributed by atoms with E-state index in [0.29, 0.717) is 52.5 Å². The molecule has 7 heteroatoms. The lowest BCUT2D eigenvalue weighted by molar-refractivity contribution is -0.141. The van der Waals surface area contributed by atoms with Crippen LogP contribution in [0.3, 0.4) is 0 Å². The molecule has 1 heterocycles. The Morgan fingerprint density at radius 2 is 1.97 bits per heavy atom. The second-order valence-electron chi connectivity index (χ2n) is 8.59. The van der Waals surface area contributed by atoms with Gasteiger partial charge in [-0.25, -0.2) is 0 Å². The number of fused-ring (bicyclic) bond motifs is 1. The fourth-order valence-electron chi connectivity index (χ4n) is 4.53. The van der Waals surface area contributed by atoms with Crippen LogP contribution in [-0.2, 0) is 11.4 Å². The summed E-state index contributed by atoms with van der Waals surface area (Å²) in [4.78, 5) is 25.1. The highest BCUT2D eigenvalue weighted by Gasteiger charge is 2.31. The SMILES string of the molecule is O=C(O)C1CC=C(c2nn(C(=O)c3c(Cl)cccc3C3CC3)c3cc(CO)ccc23)CC1. The van der Waals surface area contributed by atoms with E-state index in [1.54, 1.807) is 12.1 Å². The topological polar surface area (TPSA) is 92.4 Å². The molecule has 1 fully saturated rings. The van der Waals surface area contributed by atoms with Crippen LogP contribution in [0.1, 0.15) is 65.2 Å². The largest absolute Gasteiger partial charge is 0.481 e. The van der Waals surface area contributed by atoms with Crippen molar-refractivity contribution in [1.29, 1.82) is 0 Å². The zero-order valence-electron chi connectivity index (χ0n) is 17.4. The monoisotopic (exact) mass is 450 g/mol. The van der Waals surface area contributed by atoms with Crippen molar-refractivity contribution in [3.8, 4) is 0 Å². The molecule has 1 aromatic heterocycles. The zero-order chi connectivity index (χ0) is 22.4. The van der Waals surface area contributed by atoms with Crippen LogP contribution < -0.4 is 0 Å². The zero-order valence-corrected chi connectivity index (χ0v) is 18.2. The molecular weight excluding hydrogens is 428 g/mol. The number of hydrogen-bond donors (Lipinski definition) is 2. The van der Waals surface area contributed by atoms with Crippen molar-refractivity contribution in [1.82, 2.24) is 9.78 Å². The molecule has 32 heavy (non-hydrogen) atoms. The predicted molar refractivity (Wildman–Crippen MR) is 122 cm³/mol. The third-order valence-electron chi connectivity index (χ3n) is 6.46. The standard InChI is InChI=1S/C25H23ClN2O4/c26-20-3-1-2-18(15-5-6-15)22(20)24(30)28-21-12-14(13-29)4-11-19(21)23(27-28)16-7-9-17(10-8-16)25(31)32/h1-4,7,11-12,15,17,29H,5-6,8-10,13H2,(H,31,32). The molecule has 0 aliphatic heterocycles. The molecule has 1 saturated carbocycles. The van der Waals surface area contributed by atoms with Crippen molar-refractivity contribution in [2.45, 2.75) is 44.6 Å². The normalized spacial score (nSPS) is 18.6. The van der Waals surface area contributed by atoms with Crippen molar-refractivity contribution in [3.63, 3.8) is 0 Å². The average molecular weight is 451 g/mol. The lowest BCUT2D eigenvalue weighted by atomic mass is 9.88. The van der Waals surface area contributed by atoms with Crippen LogP contribution in [0.4, 0.5) is 0 Å². The second-order valence-corrected chi connectivity index (χ2v) is 9.00. The average Bonchev–Trinajstić information content (AvgIpc) is 3.58. The van der Waals surface area contributed by atoms with E-state index in [1.807, 2.05) is 30.3 Å². The van der Waals surface area contributed by atoms with Crippen LogP contribution in [-0.4, -0.2) is 31.9 Å². The van der Waals surface area contributed by atoms with Gasteiger partial charge in [0.15, 0.2) is 0 Å². The van der Waals surface area contributed by atoms with Crippen molar-refractivity contribution < 1.29 is 19.8 Å². The molecule has 5 rings (SSSR count). The van der Waals surface area contributed by atoms with Crippen LogP contribution in [0.2, 0.25) is 5.02 Å². The molecule has 1 unspecified atom stereocenters. The van der Waals surface area contributed by atoms with E-state index in [2.05, 4.69) is 0 Å². The number of allylic oxidation sites excluding steroid dienone is 2. The molecule has 0 spiro atoms. The van der Waals surface area contributed by atoms with E-state index >= 15 is 0 Å². The van der Waals surface area contributed by atoms with Gasteiger partial charge in [0.25, 0.3) is 5.91 Å². The van der Waals surface area contributed by atoms with Gasteiger partial charge in [-0.3, -0.25) is 9.59 Å². The molecule has 2 aromatic carbocycles. The minimum Gasteiger partial charge on any atom is -0.481 e. The number of carboxylic acids is 1. The molecule has 2 aliphatic carbocycles. The lowest BCUT2D eigenvalue weighted by Gasteiger charge is -2.17. The maximum atomic E-state index is 13.7. The first-order valence-corrected chi connectivity index (χ1v) is 11.2. The Kier molecular flexibility index (Phi) is 5.35. The Morgan fingerprint density at radius 3 is 2.62 bits per heavy atom. The van der Waals surface area contributed by atoms with E-state index in [4.69, 9.17) is 16.7 Å². The van der Waals surface area contributed by atoms with Crippen LogP contribution in [0.15, 0.2) is 42.5 Å². The van der Waals surface area contributed by atoms with Gasteiger partial charge in [0.05, 0.1) is 34.3 Å². The number of aliphatic hydroxyl groups excluding tert-OH is 1. The van der Waals surface area contributed by atoms with Gasteiger partial charge in [0, 0.05) is 5.39 Å². The van der Waals surface area contributed by atoms with E-state index in [0.717, 1.165) is 29.4 Å². The summed E-state index contributed by atoms with van der Waals surface area (Å²) >= 11 is 6.49. The third kappa shape index (κ3) is 3.63. The molecule has 0 saturated heterocycles. The summed E-state index contributed by atoms with van der Waals surface area (Å²) in [6.45, 7) is -0.146. The Balaban J connectivity index is 1.64. The first-order chi connectivity index (χ1) is 15.5. The quantitative estimate of drug-likeness (QED) is 0.569. The highest BCUT2D eigenvalue weighted by atomic mass is 35.5. The maximum Gasteiger partial charge on any atom is 0.306 e. The van der Waals surface area contributed by atoms with Crippen LogP contribution >= 0.6 is 11.6 Å². The van der Waals surface area contributed by atoms with Gasteiger partial charge in [-0.05, 0) is 66.9 Å². The molecular formula is C25H23ClN2O4. The number of rotatable bonds is 5. The summed E-state index contributed by atoms with van der Waals surface area (Å²) < 4.78 is 1.39. The van der Waals surface area contributed by atoms with Gasteiger partial charge in [-0.15, -0.1) is 0 Å². The Morgan fingerprint density at radius 1 is 1.16 bits per heavy atom. The number of aliphatic hydroxyl groups is 1. The number of hydrogen-bond acceptors (Lipinski definition) is 4. The van der Waals surface area contributed by atoms with E-state index < -0.39 is 5.97 Å². The van der Waals surface area contributed by atoms with Crippen molar-refractivity contribution in [2.24, 2.45) is 5.92 Å². The number of aliphatic carboxylic acids is 1. The smallest absolute Gasteiger partial charge is 0.306 e. The fourth-order valence-corrected chi connectivity index (χ4v) is 4.79. The van der Waals surface area contributed by atoms with Crippen LogP contribution in [0.5, 0.6) is 0 Å². The van der Waals surface area contributed by atoms with E-state index in [9.17, 15) is 19.8 Å². The predicted octanol–water partition coefficient (Wildman–Crippen LogP) is 5.02.